The Morgan fingerprint density at radius 1 is 1.03 bits per heavy atom. The van der Waals surface area contributed by atoms with Gasteiger partial charge in [0.25, 0.3) is 5.91 Å². The maximum atomic E-state index is 13.8. The van der Waals surface area contributed by atoms with Gasteiger partial charge in [0, 0.05) is 11.9 Å². The maximum Gasteiger partial charge on any atom is 0.290 e. The second-order valence-electron chi connectivity index (χ2n) is 9.93. The van der Waals surface area contributed by atoms with Gasteiger partial charge in [0.2, 0.25) is 0 Å². The van der Waals surface area contributed by atoms with Crippen molar-refractivity contribution in [2.45, 2.75) is 57.1 Å². The summed E-state index contributed by atoms with van der Waals surface area (Å²) in [5.41, 5.74) is 3.77. The molecule has 5 atom stereocenters. The zero-order chi connectivity index (χ0) is 24.7. The van der Waals surface area contributed by atoms with Gasteiger partial charge in [0.05, 0.1) is 24.6 Å². The fourth-order valence-corrected chi connectivity index (χ4v) is 5.92. The molecule has 6 heteroatoms. The van der Waals surface area contributed by atoms with Crippen molar-refractivity contribution < 1.29 is 19.1 Å². The number of ketones is 1. The van der Waals surface area contributed by atoms with Gasteiger partial charge in [0.15, 0.2) is 11.5 Å². The summed E-state index contributed by atoms with van der Waals surface area (Å²) in [6.07, 6.45) is 2.60. The lowest BCUT2D eigenvalue weighted by atomic mass is 9.74. The smallest absolute Gasteiger partial charge is 0.290 e. The highest BCUT2D eigenvalue weighted by atomic mass is 35.5. The lowest BCUT2D eigenvalue weighted by Gasteiger charge is -2.40. The van der Waals surface area contributed by atoms with Crippen molar-refractivity contribution in [2.24, 2.45) is 11.8 Å². The Kier molecular flexibility index (Phi) is 6.63. The molecule has 5 nitrogen and oxygen atoms in total. The number of amides is 1. The number of rotatable bonds is 6. The fraction of sp³-hybridized carbons (Fsp3) is 0.448. The van der Waals surface area contributed by atoms with Gasteiger partial charge in [-0.15, -0.1) is 11.6 Å². The number of benzene rings is 2. The predicted octanol–water partition coefficient (Wildman–Crippen LogP) is 5.26. The number of fused-ring (bicyclic) bond motifs is 1. The summed E-state index contributed by atoms with van der Waals surface area (Å²) >= 11 is 6.57. The van der Waals surface area contributed by atoms with Crippen molar-refractivity contribution >= 4 is 23.3 Å². The summed E-state index contributed by atoms with van der Waals surface area (Å²) in [5.74, 6) is 0.831. The lowest BCUT2D eigenvalue weighted by molar-refractivity contribution is -0.136. The van der Waals surface area contributed by atoms with Crippen LogP contribution in [0.2, 0.25) is 0 Å². The minimum Gasteiger partial charge on any atom is -0.497 e. The molecule has 0 spiro atoms. The first-order chi connectivity index (χ1) is 16.9. The number of ether oxygens (including phenoxy) is 2. The standard InChI is InChI=1S/C29H32ClNO4/c1-4-18-5-9-20(10-6-18)26-25-27(32)22-16-23(30)17(2)15-24(22)35-28(25)29(33)31(26)14-13-19-7-11-21(34-3)12-8-19/h5-12,17,22-24,26H,4,13-16H2,1-3H3. The number of halogens is 1. The highest BCUT2D eigenvalue weighted by Crippen LogP contribution is 2.48. The Morgan fingerprint density at radius 3 is 2.37 bits per heavy atom. The van der Waals surface area contributed by atoms with E-state index >= 15 is 0 Å². The van der Waals surface area contributed by atoms with Crippen LogP contribution < -0.4 is 4.74 Å². The molecule has 0 aromatic heterocycles. The maximum absolute atomic E-state index is 13.8. The Balaban J connectivity index is 1.48. The van der Waals surface area contributed by atoms with Crippen LogP contribution in [-0.4, -0.2) is 41.7 Å². The molecule has 1 saturated carbocycles. The van der Waals surface area contributed by atoms with Crippen LogP contribution >= 0.6 is 11.6 Å². The number of aryl methyl sites for hydroxylation is 1. The molecular formula is C29H32ClNO4. The van der Waals surface area contributed by atoms with Gasteiger partial charge in [-0.1, -0.05) is 50.2 Å². The van der Waals surface area contributed by atoms with Crippen LogP contribution in [0.15, 0.2) is 59.9 Å². The van der Waals surface area contributed by atoms with E-state index in [-0.39, 0.29) is 40.8 Å². The number of Topliss-reactive ketones (excluding diaryl/α,β-unsaturated/α-hetero) is 1. The SMILES string of the molecule is CCc1ccc(C2C3=C(OC4CC(C)C(Cl)CC4C3=O)C(=O)N2CCc2ccc(OC)cc2)cc1. The largest absolute Gasteiger partial charge is 0.497 e. The molecule has 0 radical (unpaired) electrons. The third kappa shape index (κ3) is 4.35. The van der Waals surface area contributed by atoms with Gasteiger partial charge in [-0.25, -0.2) is 0 Å². The van der Waals surface area contributed by atoms with Crippen molar-refractivity contribution in [3.63, 3.8) is 0 Å². The van der Waals surface area contributed by atoms with Crippen molar-refractivity contribution in [3.05, 3.63) is 76.6 Å². The molecule has 2 aromatic rings. The Hall–Kier alpha value is -2.79. The molecule has 5 rings (SSSR count). The van der Waals surface area contributed by atoms with E-state index in [2.05, 4.69) is 26.0 Å². The highest BCUT2D eigenvalue weighted by Gasteiger charge is 2.53. The van der Waals surface area contributed by atoms with Crippen LogP contribution in [0.5, 0.6) is 5.75 Å². The van der Waals surface area contributed by atoms with Gasteiger partial charge in [0.1, 0.15) is 11.9 Å². The number of alkyl halides is 1. The van der Waals surface area contributed by atoms with Gasteiger partial charge in [-0.3, -0.25) is 9.59 Å². The number of carbonyl (C=O) groups is 2. The Morgan fingerprint density at radius 2 is 1.71 bits per heavy atom. The average molecular weight is 494 g/mol. The topological polar surface area (TPSA) is 55.8 Å². The summed E-state index contributed by atoms with van der Waals surface area (Å²) in [5, 5.41) is -0.0588. The van der Waals surface area contributed by atoms with E-state index in [1.807, 2.05) is 41.3 Å². The molecule has 5 unspecified atom stereocenters. The third-order valence-corrected chi connectivity index (χ3v) is 8.42. The summed E-state index contributed by atoms with van der Waals surface area (Å²) in [7, 11) is 1.64. The van der Waals surface area contributed by atoms with Crippen LogP contribution in [0.4, 0.5) is 0 Å². The molecule has 0 saturated heterocycles. The Bertz CT molecular complexity index is 1140. The highest BCUT2D eigenvalue weighted by molar-refractivity contribution is 6.21. The van der Waals surface area contributed by atoms with Crippen LogP contribution in [0, 0.1) is 11.8 Å². The lowest BCUT2D eigenvalue weighted by Crippen LogP contribution is -2.44. The van der Waals surface area contributed by atoms with Crippen molar-refractivity contribution in [3.8, 4) is 5.75 Å². The first-order valence-electron chi connectivity index (χ1n) is 12.5. The molecule has 0 bridgehead atoms. The van der Waals surface area contributed by atoms with Crippen LogP contribution in [-0.2, 0) is 27.2 Å². The molecule has 2 aliphatic heterocycles. The molecule has 1 aliphatic carbocycles. The molecule has 35 heavy (non-hydrogen) atoms. The van der Waals surface area contributed by atoms with Crippen LogP contribution in [0.25, 0.3) is 0 Å². The molecule has 184 valence electrons. The third-order valence-electron chi connectivity index (χ3n) is 7.81. The number of nitrogens with zero attached hydrogens (tertiary/aromatic N) is 1. The Labute approximate surface area is 212 Å². The average Bonchev–Trinajstić information content (AvgIpc) is 3.16. The van der Waals surface area contributed by atoms with Crippen LogP contribution in [0.1, 0.15) is 49.4 Å². The number of carbonyl (C=O) groups excluding carboxylic acids is 2. The molecule has 3 aliphatic rings. The monoisotopic (exact) mass is 493 g/mol. The van der Waals surface area contributed by atoms with Crippen LogP contribution in [0.3, 0.4) is 0 Å². The molecule has 0 N–H and O–H groups in total. The fourth-order valence-electron chi connectivity index (χ4n) is 5.62. The molecule has 2 heterocycles. The summed E-state index contributed by atoms with van der Waals surface area (Å²) < 4.78 is 11.6. The second-order valence-corrected chi connectivity index (χ2v) is 10.5. The minimum absolute atomic E-state index is 0.0265. The minimum atomic E-state index is -0.441. The van der Waals surface area contributed by atoms with E-state index in [0.717, 1.165) is 23.3 Å². The van der Waals surface area contributed by atoms with Gasteiger partial charge in [-0.05, 0) is 60.4 Å². The van der Waals surface area contributed by atoms with Crippen molar-refractivity contribution in [1.82, 2.24) is 4.90 Å². The van der Waals surface area contributed by atoms with E-state index in [0.29, 0.717) is 31.4 Å². The molecular weight excluding hydrogens is 462 g/mol. The number of hydrogen-bond donors (Lipinski definition) is 0. The number of hydrogen-bond acceptors (Lipinski definition) is 4. The van der Waals surface area contributed by atoms with Gasteiger partial charge < -0.3 is 14.4 Å². The van der Waals surface area contributed by atoms with E-state index in [4.69, 9.17) is 21.1 Å². The quantitative estimate of drug-likeness (QED) is 0.515. The van der Waals surface area contributed by atoms with Crippen molar-refractivity contribution in [1.29, 1.82) is 0 Å². The van der Waals surface area contributed by atoms with E-state index < -0.39 is 6.04 Å². The molecule has 2 aromatic carbocycles. The first-order valence-corrected chi connectivity index (χ1v) is 13.0. The summed E-state index contributed by atoms with van der Waals surface area (Å²) in [6.45, 7) is 4.68. The zero-order valence-corrected chi connectivity index (χ0v) is 21.3. The summed E-state index contributed by atoms with van der Waals surface area (Å²) in [4.78, 5) is 29.3. The normalized spacial score (nSPS) is 28.0. The van der Waals surface area contributed by atoms with E-state index in [1.54, 1.807) is 7.11 Å². The second kappa shape index (κ2) is 9.69. The van der Waals surface area contributed by atoms with E-state index in [9.17, 15) is 9.59 Å². The molecule has 1 amide bonds. The van der Waals surface area contributed by atoms with Crippen molar-refractivity contribution in [2.75, 3.05) is 13.7 Å². The summed E-state index contributed by atoms with van der Waals surface area (Å²) in [6, 6.07) is 15.7. The van der Waals surface area contributed by atoms with Gasteiger partial charge in [-0.2, -0.15) is 0 Å². The first kappa shape index (κ1) is 23.9. The zero-order valence-electron chi connectivity index (χ0n) is 20.5. The predicted molar refractivity (Wildman–Crippen MR) is 135 cm³/mol. The van der Waals surface area contributed by atoms with E-state index in [1.165, 1.54) is 5.56 Å². The van der Waals surface area contributed by atoms with Gasteiger partial charge >= 0.3 is 0 Å². The molecule has 1 fully saturated rings. The number of methoxy groups -OCH3 is 1.